The Labute approximate surface area is 162 Å². The molecule has 0 radical (unpaired) electrons. The van der Waals surface area contributed by atoms with Gasteiger partial charge in [-0.3, -0.25) is 0 Å². The molecule has 4 rings (SSSR count). The Morgan fingerprint density at radius 3 is 1.31 bits per heavy atom. The minimum atomic E-state index is -1.33. The van der Waals surface area contributed by atoms with Gasteiger partial charge in [0.15, 0.2) is 0 Å². The SMILES string of the molecule is c1ccc(C[PH](C2CCCCC2)(C2CCCCC2)C2CCCCC2)cc1. The van der Waals surface area contributed by atoms with E-state index < -0.39 is 7.26 Å². The van der Waals surface area contributed by atoms with Gasteiger partial charge in [0.05, 0.1) is 0 Å². The van der Waals surface area contributed by atoms with Gasteiger partial charge in [-0.1, -0.05) is 0 Å². The molecule has 0 bridgehead atoms. The molecule has 1 aromatic carbocycles. The third-order valence-electron chi connectivity index (χ3n) is 8.45. The summed E-state index contributed by atoms with van der Waals surface area (Å²) in [6.07, 6.45) is 24.8. The molecular weight excluding hydrogens is 331 g/mol. The van der Waals surface area contributed by atoms with Crippen LogP contribution in [0.5, 0.6) is 0 Å². The van der Waals surface area contributed by atoms with Gasteiger partial charge < -0.3 is 0 Å². The van der Waals surface area contributed by atoms with Gasteiger partial charge in [0.25, 0.3) is 0 Å². The van der Waals surface area contributed by atoms with Crippen LogP contribution in [0, 0.1) is 0 Å². The molecule has 3 fully saturated rings. The molecule has 0 amide bonds. The summed E-state index contributed by atoms with van der Waals surface area (Å²) in [5, 5.41) is 0. The molecule has 3 aliphatic carbocycles. The zero-order valence-corrected chi connectivity index (χ0v) is 17.9. The normalized spacial score (nSPS) is 25.2. The maximum absolute atomic E-state index is 2.47. The molecule has 146 valence electrons. The van der Waals surface area contributed by atoms with Crippen molar-refractivity contribution in [3.63, 3.8) is 0 Å². The van der Waals surface area contributed by atoms with Gasteiger partial charge >= 0.3 is 163 Å². The van der Waals surface area contributed by atoms with Crippen LogP contribution in [0.15, 0.2) is 30.3 Å². The predicted molar refractivity (Wildman–Crippen MR) is 119 cm³/mol. The first-order valence-corrected chi connectivity index (χ1v) is 14.4. The fourth-order valence-corrected chi connectivity index (χ4v) is 15.6. The van der Waals surface area contributed by atoms with Gasteiger partial charge in [-0.05, 0) is 0 Å². The van der Waals surface area contributed by atoms with Crippen LogP contribution in [0.4, 0.5) is 0 Å². The molecule has 0 saturated heterocycles. The Bertz CT molecular complexity index is 473. The fourth-order valence-electron chi connectivity index (χ4n) is 7.30. The average molecular weight is 373 g/mol. The summed E-state index contributed by atoms with van der Waals surface area (Å²) in [5.41, 5.74) is 5.12. The van der Waals surface area contributed by atoms with Crippen LogP contribution in [0.25, 0.3) is 0 Å². The van der Waals surface area contributed by atoms with Crippen molar-refractivity contribution in [1.29, 1.82) is 0 Å². The zero-order chi connectivity index (χ0) is 17.7. The molecule has 0 spiro atoms. The minimum absolute atomic E-state index is 1.14. The van der Waals surface area contributed by atoms with Gasteiger partial charge in [-0.15, -0.1) is 0 Å². The summed E-state index contributed by atoms with van der Waals surface area (Å²) in [5.74, 6) is 0. The van der Waals surface area contributed by atoms with E-state index in [9.17, 15) is 0 Å². The van der Waals surface area contributed by atoms with Crippen molar-refractivity contribution >= 4 is 7.26 Å². The van der Waals surface area contributed by atoms with Crippen LogP contribution in [-0.2, 0) is 6.16 Å². The average Bonchev–Trinajstić information content (AvgIpc) is 2.75. The van der Waals surface area contributed by atoms with Crippen LogP contribution in [-0.4, -0.2) is 17.0 Å². The topological polar surface area (TPSA) is 0 Å². The molecule has 0 aliphatic heterocycles. The quantitative estimate of drug-likeness (QED) is 0.460. The first-order valence-electron chi connectivity index (χ1n) is 11.9. The van der Waals surface area contributed by atoms with Gasteiger partial charge in [-0.2, -0.15) is 0 Å². The summed E-state index contributed by atoms with van der Waals surface area (Å²) >= 11 is 0. The predicted octanol–water partition coefficient (Wildman–Crippen LogP) is 7.93. The van der Waals surface area contributed by atoms with E-state index in [2.05, 4.69) is 30.3 Å². The maximum atomic E-state index is 2.47. The Morgan fingerprint density at radius 1 is 0.538 bits per heavy atom. The summed E-state index contributed by atoms with van der Waals surface area (Å²) in [7, 11) is -1.33. The van der Waals surface area contributed by atoms with Crippen molar-refractivity contribution in [1.82, 2.24) is 0 Å². The molecule has 26 heavy (non-hydrogen) atoms. The van der Waals surface area contributed by atoms with Gasteiger partial charge in [-0.25, -0.2) is 0 Å². The van der Waals surface area contributed by atoms with Crippen LogP contribution >= 0.6 is 7.26 Å². The van der Waals surface area contributed by atoms with Crippen molar-refractivity contribution in [2.45, 2.75) is 119 Å². The first kappa shape index (κ1) is 19.0. The summed E-state index contributed by atoms with van der Waals surface area (Å²) in [6.45, 7) is 0. The molecule has 0 aromatic heterocycles. The number of hydrogen-bond acceptors (Lipinski definition) is 0. The van der Waals surface area contributed by atoms with Crippen molar-refractivity contribution in [2.75, 3.05) is 0 Å². The van der Waals surface area contributed by atoms with E-state index in [0.717, 1.165) is 17.0 Å². The van der Waals surface area contributed by atoms with E-state index in [4.69, 9.17) is 0 Å². The fraction of sp³-hybridized carbons (Fsp3) is 0.760. The molecule has 3 aliphatic rings. The Balaban J connectivity index is 1.71. The molecule has 1 heteroatoms. The van der Waals surface area contributed by atoms with Crippen LogP contribution in [0.3, 0.4) is 0 Å². The monoisotopic (exact) mass is 372 g/mol. The van der Waals surface area contributed by atoms with Crippen LogP contribution < -0.4 is 0 Å². The van der Waals surface area contributed by atoms with E-state index in [1.165, 1.54) is 63.9 Å². The summed E-state index contributed by atoms with van der Waals surface area (Å²) in [6, 6.07) is 11.8. The van der Waals surface area contributed by atoms with E-state index in [1.54, 1.807) is 44.1 Å². The molecule has 0 nitrogen and oxygen atoms in total. The standard InChI is InChI=1S/C25H41P/c1-5-13-22(14-6-1)21-26(23-15-7-2-8-16-23,24-17-9-3-10-18-24)25-19-11-4-12-20-25/h1,5-6,13-14,23-26H,2-4,7-12,15-21H2. The van der Waals surface area contributed by atoms with E-state index in [0.29, 0.717) is 0 Å². The molecule has 1 aromatic rings. The summed E-state index contributed by atoms with van der Waals surface area (Å²) < 4.78 is 0. The number of rotatable bonds is 5. The van der Waals surface area contributed by atoms with E-state index >= 15 is 0 Å². The molecular formula is C25H41P. The number of hydrogen-bond donors (Lipinski definition) is 0. The summed E-state index contributed by atoms with van der Waals surface area (Å²) in [4.78, 5) is 0. The van der Waals surface area contributed by atoms with Gasteiger partial charge in [0, 0.05) is 0 Å². The molecule has 3 saturated carbocycles. The van der Waals surface area contributed by atoms with Crippen molar-refractivity contribution in [3.05, 3.63) is 35.9 Å². The first-order chi connectivity index (χ1) is 12.9. The third-order valence-corrected chi connectivity index (χ3v) is 15.8. The van der Waals surface area contributed by atoms with Gasteiger partial charge in [0.2, 0.25) is 0 Å². The Kier molecular flexibility index (Phi) is 6.74. The van der Waals surface area contributed by atoms with Crippen LogP contribution in [0.2, 0.25) is 0 Å². The third kappa shape index (κ3) is 4.06. The second-order valence-electron chi connectivity index (χ2n) is 9.78. The van der Waals surface area contributed by atoms with Crippen molar-refractivity contribution in [2.24, 2.45) is 0 Å². The second-order valence-corrected chi connectivity index (χ2v) is 14.8. The van der Waals surface area contributed by atoms with Crippen molar-refractivity contribution < 1.29 is 0 Å². The van der Waals surface area contributed by atoms with Crippen LogP contribution in [0.1, 0.15) is 102 Å². The molecule has 0 atom stereocenters. The Hall–Kier alpha value is -0.350. The molecule has 0 heterocycles. The van der Waals surface area contributed by atoms with E-state index in [1.807, 2.05) is 0 Å². The van der Waals surface area contributed by atoms with E-state index in [-0.39, 0.29) is 0 Å². The zero-order valence-electron chi connectivity index (χ0n) is 16.9. The molecule has 0 N–H and O–H groups in total. The second kappa shape index (κ2) is 9.23. The Morgan fingerprint density at radius 2 is 0.923 bits per heavy atom. The number of benzene rings is 1. The molecule has 0 unspecified atom stereocenters. The van der Waals surface area contributed by atoms with Gasteiger partial charge in [0.1, 0.15) is 0 Å². The van der Waals surface area contributed by atoms with Crippen molar-refractivity contribution in [3.8, 4) is 0 Å².